The molecule has 2 N–H and O–H groups in total. The second-order valence-electron chi connectivity index (χ2n) is 6.38. The van der Waals surface area contributed by atoms with Crippen molar-refractivity contribution in [3.05, 3.63) is 48.3 Å². The van der Waals surface area contributed by atoms with Gasteiger partial charge in [-0.2, -0.15) is 11.8 Å². The van der Waals surface area contributed by atoms with Gasteiger partial charge in [0.1, 0.15) is 0 Å². The molecule has 0 bridgehead atoms. The highest BCUT2D eigenvalue weighted by molar-refractivity contribution is 7.98. The van der Waals surface area contributed by atoms with Crippen LogP contribution in [-0.4, -0.2) is 75.9 Å². The monoisotopic (exact) mass is 360 g/mol. The second kappa shape index (κ2) is 9.91. The van der Waals surface area contributed by atoms with E-state index in [0.29, 0.717) is 0 Å². The van der Waals surface area contributed by atoms with Crippen molar-refractivity contribution in [2.24, 2.45) is 5.73 Å². The molecule has 1 aliphatic heterocycles. The van der Waals surface area contributed by atoms with Crippen LogP contribution in [0.1, 0.15) is 11.4 Å². The first-order valence-electron chi connectivity index (χ1n) is 8.96. The topological polar surface area (TPSA) is 63.2 Å². The Labute approximate surface area is 154 Å². The molecule has 2 aromatic rings. The van der Waals surface area contributed by atoms with Crippen LogP contribution < -0.4 is 5.73 Å². The zero-order valence-electron chi connectivity index (χ0n) is 14.8. The van der Waals surface area contributed by atoms with E-state index in [-0.39, 0.29) is 0 Å². The van der Waals surface area contributed by atoms with E-state index in [9.17, 15) is 0 Å². The molecular formula is C18H28N6S. The van der Waals surface area contributed by atoms with Crippen molar-refractivity contribution in [2.45, 2.75) is 12.3 Å². The van der Waals surface area contributed by atoms with Crippen LogP contribution >= 0.6 is 11.8 Å². The lowest BCUT2D eigenvalue weighted by Crippen LogP contribution is -2.48. The summed E-state index contributed by atoms with van der Waals surface area (Å²) in [5, 5.41) is 0. The van der Waals surface area contributed by atoms with Gasteiger partial charge in [-0.3, -0.25) is 14.8 Å². The van der Waals surface area contributed by atoms with Crippen LogP contribution in [0, 0.1) is 0 Å². The fraction of sp³-hybridized carbons (Fsp3) is 0.556. The van der Waals surface area contributed by atoms with Crippen LogP contribution in [0.3, 0.4) is 0 Å². The molecule has 0 amide bonds. The van der Waals surface area contributed by atoms with Gasteiger partial charge in [-0.25, -0.2) is 4.98 Å². The highest BCUT2D eigenvalue weighted by Crippen LogP contribution is 2.12. The molecule has 0 aliphatic carbocycles. The van der Waals surface area contributed by atoms with Gasteiger partial charge in [0.25, 0.3) is 0 Å². The Kier molecular flexibility index (Phi) is 7.29. The van der Waals surface area contributed by atoms with Gasteiger partial charge in [0.2, 0.25) is 0 Å². The largest absolute Gasteiger partial charge is 0.331 e. The maximum absolute atomic E-state index is 5.63. The number of hydrogen-bond donors (Lipinski definition) is 1. The van der Waals surface area contributed by atoms with Crippen LogP contribution in [-0.2, 0) is 12.3 Å². The fourth-order valence-corrected chi connectivity index (χ4v) is 3.96. The fourth-order valence-electron chi connectivity index (χ4n) is 3.05. The van der Waals surface area contributed by atoms with Crippen molar-refractivity contribution < 1.29 is 0 Å². The number of rotatable bonds is 9. The maximum atomic E-state index is 5.63. The number of thioether (sulfide) groups is 1. The molecule has 0 aromatic carbocycles. The highest BCUT2D eigenvalue weighted by atomic mass is 32.2. The number of aromatic nitrogens is 3. The lowest BCUT2D eigenvalue weighted by molar-refractivity contribution is 0.141. The molecule has 0 atom stereocenters. The second-order valence-corrected chi connectivity index (χ2v) is 7.48. The third kappa shape index (κ3) is 6.11. The smallest absolute Gasteiger partial charge is 0.0949 e. The number of pyridine rings is 1. The van der Waals surface area contributed by atoms with Crippen LogP contribution in [0.25, 0.3) is 0 Å². The Morgan fingerprint density at radius 3 is 2.52 bits per heavy atom. The van der Waals surface area contributed by atoms with E-state index in [0.717, 1.165) is 62.2 Å². The summed E-state index contributed by atoms with van der Waals surface area (Å²) in [4.78, 5) is 13.9. The van der Waals surface area contributed by atoms with Gasteiger partial charge in [0.15, 0.2) is 0 Å². The average Bonchev–Trinajstić information content (AvgIpc) is 3.14. The first kappa shape index (κ1) is 18.4. The number of hydrogen-bond acceptors (Lipinski definition) is 6. The van der Waals surface area contributed by atoms with Crippen molar-refractivity contribution in [1.82, 2.24) is 24.3 Å². The molecule has 0 saturated carbocycles. The number of imidazole rings is 1. The van der Waals surface area contributed by atoms with Gasteiger partial charge >= 0.3 is 0 Å². The third-order valence-corrected chi connectivity index (χ3v) is 5.45. The van der Waals surface area contributed by atoms with Crippen LogP contribution in [0.2, 0.25) is 0 Å². The molecular weight excluding hydrogens is 332 g/mol. The van der Waals surface area contributed by atoms with Gasteiger partial charge in [-0.1, -0.05) is 6.07 Å². The van der Waals surface area contributed by atoms with E-state index >= 15 is 0 Å². The lowest BCUT2D eigenvalue weighted by Gasteiger charge is -2.34. The Hall–Kier alpha value is -1.41. The van der Waals surface area contributed by atoms with Crippen molar-refractivity contribution in [1.29, 1.82) is 0 Å². The van der Waals surface area contributed by atoms with Crippen molar-refractivity contribution in [2.75, 3.05) is 51.6 Å². The van der Waals surface area contributed by atoms with Gasteiger partial charge in [0, 0.05) is 69.7 Å². The van der Waals surface area contributed by atoms with Crippen molar-refractivity contribution >= 4 is 11.8 Å². The Bertz CT molecular complexity index is 610. The average molecular weight is 361 g/mol. The minimum Gasteiger partial charge on any atom is -0.331 e. The van der Waals surface area contributed by atoms with Gasteiger partial charge < -0.3 is 10.3 Å². The van der Waals surface area contributed by atoms with E-state index in [1.165, 1.54) is 13.1 Å². The predicted octanol–water partition coefficient (Wildman–Crippen LogP) is 1.14. The van der Waals surface area contributed by atoms with Gasteiger partial charge in [0.05, 0.1) is 24.3 Å². The highest BCUT2D eigenvalue weighted by Gasteiger charge is 2.15. The molecule has 6 nitrogen and oxygen atoms in total. The number of nitrogens with zero attached hydrogens (tertiary/aromatic N) is 5. The molecule has 3 heterocycles. The summed E-state index contributed by atoms with van der Waals surface area (Å²) < 4.78 is 2.05. The summed E-state index contributed by atoms with van der Waals surface area (Å²) in [5.41, 5.74) is 7.88. The van der Waals surface area contributed by atoms with E-state index in [1.54, 1.807) is 6.20 Å². The zero-order valence-corrected chi connectivity index (χ0v) is 15.6. The molecule has 25 heavy (non-hydrogen) atoms. The van der Waals surface area contributed by atoms with Gasteiger partial charge in [-0.05, 0) is 12.1 Å². The predicted molar refractivity (Wildman–Crippen MR) is 104 cm³/mol. The Balaban J connectivity index is 1.35. The SMILES string of the molecule is NCCN1CCN(CCSCc2cccc(Cn3ccnc3)n2)CC1. The summed E-state index contributed by atoms with van der Waals surface area (Å²) in [6, 6.07) is 6.30. The minimum atomic E-state index is 0.767. The molecule has 7 heteroatoms. The van der Waals surface area contributed by atoms with Crippen molar-refractivity contribution in [3.63, 3.8) is 0 Å². The van der Waals surface area contributed by atoms with E-state index < -0.39 is 0 Å². The van der Waals surface area contributed by atoms with E-state index in [1.807, 2.05) is 28.9 Å². The van der Waals surface area contributed by atoms with Gasteiger partial charge in [-0.15, -0.1) is 0 Å². The molecule has 1 saturated heterocycles. The van der Waals surface area contributed by atoms with Crippen molar-refractivity contribution in [3.8, 4) is 0 Å². The first-order chi connectivity index (χ1) is 12.3. The number of nitrogens with two attached hydrogens (primary N) is 1. The third-order valence-electron chi connectivity index (χ3n) is 4.48. The summed E-state index contributed by atoms with van der Waals surface area (Å²) in [6.07, 6.45) is 5.60. The molecule has 0 radical (unpaired) electrons. The summed E-state index contributed by atoms with van der Waals surface area (Å²) in [7, 11) is 0. The van der Waals surface area contributed by atoms with Crippen LogP contribution in [0.4, 0.5) is 0 Å². The van der Waals surface area contributed by atoms with Crippen LogP contribution in [0.5, 0.6) is 0 Å². The quantitative estimate of drug-likeness (QED) is 0.677. The molecule has 0 spiro atoms. The molecule has 1 fully saturated rings. The maximum Gasteiger partial charge on any atom is 0.0949 e. The molecule has 1 aliphatic rings. The standard InChI is InChI=1S/C18H28N6S/c19-4-6-22-8-10-23(11-9-22)12-13-25-15-18-3-1-2-17(21-18)14-24-7-5-20-16-24/h1-3,5,7,16H,4,6,8-15,19H2. The zero-order chi connectivity index (χ0) is 17.3. The molecule has 0 unspecified atom stereocenters. The molecule has 2 aromatic heterocycles. The molecule has 136 valence electrons. The number of piperazine rings is 1. The summed E-state index contributed by atoms with van der Waals surface area (Å²) >= 11 is 1.97. The normalized spacial score (nSPS) is 16.4. The van der Waals surface area contributed by atoms with E-state index in [2.05, 4.69) is 33.0 Å². The van der Waals surface area contributed by atoms with E-state index in [4.69, 9.17) is 10.7 Å². The summed E-state index contributed by atoms with van der Waals surface area (Å²) in [5.74, 6) is 2.13. The Morgan fingerprint density at radius 1 is 1.04 bits per heavy atom. The minimum absolute atomic E-state index is 0.767. The molecule has 3 rings (SSSR count). The first-order valence-corrected chi connectivity index (χ1v) is 10.1. The summed E-state index contributed by atoms with van der Waals surface area (Å²) in [6.45, 7) is 8.38. The van der Waals surface area contributed by atoms with Crippen LogP contribution in [0.15, 0.2) is 36.9 Å². The lowest BCUT2D eigenvalue weighted by atomic mass is 10.3. The Morgan fingerprint density at radius 2 is 1.80 bits per heavy atom.